The molecule has 1 aromatic rings. The van der Waals surface area contributed by atoms with Gasteiger partial charge in [-0.05, 0) is 19.3 Å². The summed E-state index contributed by atoms with van der Waals surface area (Å²) < 4.78 is 54.9. The third-order valence-corrected chi connectivity index (χ3v) is 4.43. The fourth-order valence-corrected chi connectivity index (χ4v) is 2.84. The lowest BCUT2D eigenvalue weighted by atomic mass is 10.0. The molecule has 1 aromatic heterocycles. The average molecular weight is 332 g/mol. The SMILES string of the molecule is CC(C)CNc1nc(N2CC(F)(F)C2C)nc2c1CCC2(F)F. The molecule has 23 heavy (non-hydrogen) atoms. The van der Waals surface area contributed by atoms with E-state index in [-0.39, 0.29) is 24.5 Å². The average Bonchev–Trinajstić information content (AvgIpc) is 2.77. The molecular formula is C15H20F4N4. The lowest BCUT2D eigenvalue weighted by Crippen LogP contribution is -2.64. The maximum absolute atomic E-state index is 14.0. The van der Waals surface area contributed by atoms with E-state index >= 15 is 0 Å². The van der Waals surface area contributed by atoms with Gasteiger partial charge in [0.1, 0.15) is 11.5 Å². The van der Waals surface area contributed by atoms with Gasteiger partial charge in [-0.25, -0.2) is 13.8 Å². The van der Waals surface area contributed by atoms with Crippen LogP contribution in [0.4, 0.5) is 29.3 Å². The normalized spacial score (nSPS) is 24.5. The van der Waals surface area contributed by atoms with Gasteiger partial charge in [-0.2, -0.15) is 13.8 Å². The van der Waals surface area contributed by atoms with E-state index in [0.29, 0.717) is 23.8 Å². The van der Waals surface area contributed by atoms with Crippen LogP contribution in [0.25, 0.3) is 0 Å². The molecule has 0 aromatic carbocycles. The van der Waals surface area contributed by atoms with E-state index in [0.717, 1.165) is 0 Å². The Labute approximate surface area is 132 Å². The number of fused-ring (bicyclic) bond motifs is 1. The molecule has 1 atom stereocenters. The van der Waals surface area contributed by atoms with E-state index in [4.69, 9.17) is 0 Å². The Kier molecular flexibility index (Phi) is 3.68. The van der Waals surface area contributed by atoms with E-state index in [1.54, 1.807) is 0 Å². The molecule has 1 saturated heterocycles. The Morgan fingerprint density at radius 3 is 2.52 bits per heavy atom. The number of aromatic nitrogens is 2. The van der Waals surface area contributed by atoms with Gasteiger partial charge < -0.3 is 10.2 Å². The fourth-order valence-electron chi connectivity index (χ4n) is 2.84. The van der Waals surface area contributed by atoms with Crippen molar-refractivity contribution in [3.63, 3.8) is 0 Å². The summed E-state index contributed by atoms with van der Waals surface area (Å²) in [7, 11) is 0. The number of hydrogen-bond donors (Lipinski definition) is 1. The van der Waals surface area contributed by atoms with Crippen LogP contribution in [0.2, 0.25) is 0 Å². The van der Waals surface area contributed by atoms with Gasteiger partial charge in [0.2, 0.25) is 5.95 Å². The second-order valence-corrected chi connectivity index (χ2v) is 6.74. The monoisotopic (exact) mass is 332 g/mol. The molecule has 1 fully saturated rings. The molecule has 1 N–H and O–H groups in total. The van der Waals surface area contributed by atoms with Crippen molar-refractivity contribution in [2.24, 2.45) is 5.92 Å². The Morgan fingerprint density at radius 1 is 1.26 bits per heavy atom. The van der Waals surface area contributed by atoms with Crippen LogP contribution in [0.15, 0.2) is 0 Å². The number of nitrogens with zero attached hydrogens (tertiary/aromatic N) is 3. The lowest BCUT2D eigenvalue weighted by Gasteiger charge is -2.45. The first-order chi connectivity index (χ1) is 10.6. The van der Waals surface area contributed by atoms with Crippen LogP contribution in [-0.4, -0.2) is 35.0 Å². The van der Waals surface area contributed by atoms with Crippen LogP contribution < -0.4 is 10.2 Å². The summed E-state index contributed by atoms with van der Waals surface area (Å²) in [5.74, 6) is -5.26. The summed E-state index contributed by atoms with van der Waals surface area (Å²) >= 11 is 0. The summed E-state index contributed by atoms with van der Waals surface area (Å²) in [6.07, 6.45) is -0.128. The minimum absolute atomic E-state index is 0.0463. The van der Waals surface area contributed by atoms with Crippen molar-refractivity contribution < 1.29 is 17.6 Å². The van der Waals surface area contributed by atoms with Gasteiger partial charge in [0.05, 0.1) is 12.6 Å². The summed E-state index contributed by atoms with van der Waals surface area (Å²) in [6, 6.07) is -1.09. The number of anilines is 2. The van der Waals surface area contributed by atoms with Crippen LogP contribution in [-0.2, 0) is 12.3 Å². The smallest absolute Gasteiger partial charge is 0.290 e. The molecular weight excluding hydrogens is 312 g/mol. The number of rotatable bonds is 4. The number of halogens is 4. The van der Waals surface area contributed by atoms with Crippen molar-refractivity contribution in [2.45, 2.75) is 51.5 Å². The predicted molar refractivity (Wildman–Crippen MR) is 79.3 cm³/mol. The van der Waals surface area contributed by atoms with E-state index in [9.17, 15) is 17.6 Å². The maximum atomic E-state index is 14.0. The molecule has 1 unspecified atom stereocenters. The van der Waals surface area contributed by atoms with Crippen LogP contribution in [0.5, 0.6) is 0 Å². The molecule has 3 rings (SSSR count). The molecule has 2 aliphatic rings. The van der Waals surface area contributed by atoms with Gasteiger partial charge in [0.15, 0.2) is 0 Å². The van der Waals surface area contributed by atoms with Gasteiger partial charge in [0.25, 0.3) is 11.8 Å². The Bertz CT molecular complexity index is 618. The topological polar surface area (TPSA) is 41.1 Å². The molecule has 0 amide bonds. The molecule has 128 valence electrons. The predicted octanol–water partition coefficient (Wildman–Crippen LogP) is 3.43. The van der Waals surface area contributed by atoms with E-state index in [2.05, 4.69) is 15.3 Å². The molecule has 0 spiro atoms. The highest BCUT2D eigenvalue weighted by molar-refractivity contribution is 5.56. The second-order valence-electron chi connectivity index (χ2n) is 6.74. The zero-order valence-electron chi connectivity index (χ0n) is 13.3. The highest BCUT2D eigenvalue weighted by atomic mass is 19.3. The summed E-state index contributed by atoms with van der Waals surface area (Å²) in [5, 5.41) is 3.06. The zero-order chi connectivity index (χ0) is 17.0. The van der Waals surface area contributed by atoms with Crippen molar-refractivity contribution >= 4 is 11.8 Å². The van der Waals surface area contributed by atoms with Crippen molar-refractivity contribution in [3.05, 3.63) is 11.3 Å². The van der Waals surface area contributed by atoms with Crippen molar-refractivity contribution in [2.75, 3.05) is 23.3 Å². The molecule has 2 heterocycles. The van der Waals surface area contributed by atoms with Gasteiger partial charge in [-0.3, -0.25) is 0 Å². The molecule has 0 radical (unpaired) electrons. The molecule has 1 aliphatic heterocycles. The van der Waals surface area contributed by atoms with E-state index in [1.165, 1.54) is 11.8 Å². The maximum Gasteiger partial charge on any atom is 0.290 e. The molecule has 4 nitrogen and oxygen atoms in total. The third-order valence-electron chi connectivity index (χ3n) is 4.43. The summed E-state index contributed by atoms with van der Waals surface area (Å²) in [6.45, 7) is 5.35. The minimum Gasteiger partial charge on any atom is -0.369 e. The molecule has 0 bridgehead atoms. The van der Waals surface area contributed by atoms with Gasteiger partial charge in [0, 0.05) is 18.5 Å². The van der Waals surface area contributed by atoms with Crippen molar-refractivity contribution in [3.8, 4) is 0 Å². The summed E-state index contributed by atoms with van der Waals surface area (Å²) in [5.41, 5.74) is 0.0792. The highest BCUT2D eigenvalue weighted by Crippen LogP contribution is 2.45. The Hall–Kier alpha value is -1.60. The quantitative estimate of drug-likeness (QED) is 0.858. The lowest BCUT2D eigenvalue weighted by molar-refractivity contribution is -0.0650. The van der Waals surface area contributed by atoms with E-state index in [1.807, 2.05) is 13.8 Å². The zero-order valence-corrected chi connectivity index (χ0v) is 13.3. The van der Waals surface area contributed by atoms with E-state index < -0.39 is 24.4 Å². The second kappa shape index (κ2) is 5.21. The Balaban J connectivity index is 1.97. The third kappa shape index (κ3) is 2.72. The fraction of sp³-hybridized carbons (Fsp3) is 0.733. The van der Waals surface area contributed by atoms with Crippen LogP contribution in [0, 0.1) is 5.92 Å². The summed E-state index contributed by atoms with van der Waals surface area (Å²) in [4.78, 5) is 9.45. The van der Waals surface area contributed by atoms with Gasteiger partial charge in [-0.1, -0.05) is 13.8 Å². The number of nitrogens with one attached hydrogen (secondary N) is 1. The number of hydrogen-bond acceptors (Lipinski definition) is 4. The van der Waals surface area contributed by atoms with Crippen LogP contribution in [0.1, 0.15) is 38.4 Å². The highest BCUT2D eigenvalue weighted by Gasteiger charge is 2.54. The van der Waals surface area contributed by atoms with Crippen molar-refractivity contribution in [1.82, 2.24) is 9.97 Å². The molecule has 1 aliphatic carbocycles. The van der Waals surface area contributed by atoms with Gasteiger partial charge >= 0.3 is 0 Å². The largest absolute Gasteiger partial charge is 0.369 e. The van der Waals surface area contributed by atoms with Crippen LogP contribution in [0.3, 0.4) is 0 Å². The standard InChI is InChI=1S/C15H20F4N4/c1-8(2)6-20-12-10-4-5-14(16,17)11(10)21-13(22-12)23-7-15(18,19)9(23)3/h8-9H,4-7H2,1-3H3,(H,20,21,22). The minimum atomic E-state index is -3.03. The van der Waals surface area contributed by atoms with Crippen LogP contribution >= 0.6 is 0 Å². The van der Waals surface area contributed by atoms with Crippen molar-refractivity contribution in [1.29, 1.82) is 0 Å². The molecule has 0 saturated carbocycles. The first kappa shape index (κ1) is 16.3. The molecule has 8 heteroatoms. The first-order valence-electron chi connectivity index (χ1n) is 7.79. The number of alkyl halides is 4. The Morgan fingerprint density at radius 2 is 1.96 bits per heavy atom. The van der Waals surface area contributed by atoms with Gasteiger partial charge in [-0.15, -0.1) is 0 Å². The first-order valence-corrected chi connectivity index (χ1v) is 7.79.